The molecule has 0 aliphatic carbocycles. The van der Waals surface area contributed by atoms with Gasteiger partial charge in [0.05, 0.1) is 17.9 Å². The van der Waals surface area contributed by atoms with E-state index in [0.29, 0.717) is 12.2 Å². The van der Waals surface area contributed by atoms with Crippen LogP contribution in [0.1, 0.15) is 27.7 Å². The van der Waals surface area contributed by atoms with Gasteiger partial charge in [0.1, 0.15) is 6.10 Å². The lowest BCUT2D eigenvalue weighted by atomic mass is 10.1. The van der Waals surface area contributed by atoms with Gasteiger partial charge in [0.2, 0.25) is 5.91 Å². The van der Waals surface area contributed by atoms with Gasteiger partial charge in [-0.05, 0) is 35.2 Å². The lowest BCUT2D eigenvalue weighted by Crippen LogP contribution is -2.38. The maximum atomic E-state index is 11.2. The van der Waals surface area contributed by atoms with Crippen LogP contribution < -0.4 is 5.73 Å². The SMILES string of the molecule is NC(=O)c1ccc([C@H]2CN(Cc3ccc4cc[nH]c4c3)CCO2)nc1. The van der Waals surface area contributed by atoms with Gasteiger partial charge < -0.3 is 15.5 Å². The van der Waals surface area contributed by atoms with Gasteiger partial charge in [0.25, 0.3) is 0 Å². The molecule has 4 rings (SSSR count). The highest BCUT2D eigenvalue weighted by Gasteiger charge is 2.23. The molecular weight excluding hydrogens is 316 g/mol. The number of amides is 1. The van der Waals surface area contributed by atoms with Crippen molar-refractivity contribution in [3.05, 3.63) is 65.6 Å². The molecule has 2 aromatic heterocycles. The third-order valence-electron chi connectivity index (χ3n) is 4.58. The Hall–Kier alpha value is -2.70. The number of benzene rings is 1. The summed E-state index contributed by atoms with van der Waals surface area (Å²) in [5, 5.41) is 1.22. The number of aromatic amines is 1. The number of nitrogens with two attached hydrogens (primary N) is 1. The third kappa shape index (κ3) is 3.40. The summed E-state index contributed by atoms with van der Waals surface area (Å²) in [6, 6.07) is 12.1. The summed E-state index contributed by atoms with van der Waals surface area (Å²) >= 11 is 0. The molecule has 0 bridgehead atoms. The number of pyridine rings is 1. The largest absolute Gasteiger partial charge is 0.369 e. The Morgan fingerprint density at radius 1 is 1.32 bits per heavy atom. The second-order valence-electron chi connectivity index (χ2n) is 6.33. The molecule has 3 aromatic rings. The molecule has 0 saturated carbocycles. The first-order valence-corrected chi connectivity index (χ1v) is 8.35. The van der Waals surface area contributed by atoms with Crippen molar-refractivity contribution in [2.24, 2.45) is 5.73 Å². The average molecular weight is 336 g/mol. The molecule has 3 heterocycles. The second kappa shape index (κ2) is 6.66. The minimum absolute atomic E-state index is 0.0927. The number of nitrogens with zero attached hydrogens (tertiary/aromatic N) is 2. The number of hydrogen-bond acceptors (Lipinski definition) is 4. The number of nitrogens with one attached hydrogen (secondary N) is 1. The Morgan fingerprint density at radius 3 is 3.04 bits per heavy atom. The summed E-state index contributed by atoms with van der Waals surface area (Å²) in [7, 11) is 0. The number of ether oxygens (including phenoxy) is 1. The zero-order valence-electron chi connectivity index (χ0n) is 13.8. The lowest BCUT2D eigenvalue weighted by molar-refractivity contribution is -0.0349. The van der Waals surface area contributed by atoms with Crippen LogP contribution in [-0.2, 0) is 11.3 Å². The molecule has 0 radical (unpaired) electrons. The second-order valence-corrected chi connectivity index (χ2v) is 6.33. The average Bonchev–Trinajstić information content (AvgIpc) is 3.10. The minimum atomic E-state index is -0.468. The molecule has 0 spiro atoms. The van der Waals surface area contributed by atoms with E-state index in [4.69, 9.17) is 10.5 Å². The molecule has 1 saturated heterocycles. The van der Waals surface area contributed by atoms with Crippen molar-refractivity contribution in [2.45, 2.75) is 12.6 Å². The van der Waals surface area contributed by atoms with E-state index in [-0.39, 0.29) is 6.10 Å². The standard InChI is InChI=1S/C19H20N4O2/c20-19(24)15-3-4-16(22-10-15)18-12-23(7-8-25-18)11-13-1-2-14-5-6-21-17(14)9-13/h1-6,9-10,18,21H,7-8,11-12H2,(H2,20,24)/t18-/m1/s1. The van der Waals surface area contributed by atoms with Crippen LogP contribution in [0.5, 0.6) is 0 Å². The summed E-state index contributed by atoms with van der Waals surface area (Å²) in [6.45, 7) is 3.19. The van der Waals surface area contributed by atoms with E-state index < -0.39 is 5.91 Å². The van der Waals surface area contributed by atoms with Crippen molar-refractivity contribution < 1.29 is 9.53 Å². The van der Waals surface area contributed by atoms with Crippen LogP contribution in [0.2, 0.25) is 0 Å². The highest BCUT2D eigenvalue weighted by molar-refractivity contribution is 5.92. The summed E-state index contributed by atoms with van der Waals surface area (Å²) in [5.41, 5.74) is 8.93. The number of aromatic nitrogens is 2. The summed E-state index contributed by atoms with van der Waals surface area (Å²) < 4.78 is 5.86. The Bertz CT molecular complexity index is 888. The van der Waals surface area contributed by atoms with Crippen molar-refractivity contribution in [3.8, 4) is 0 Å². The van der Waals surface area contributed by atoms with Crippen LogP contribution in [0, 0.1) is 0 Å². The third-order valence-corrected chi connectivity index (χ3v) is 4.58. The minimum Gasteiger partial charge on any atom is -0.369 e. The zero-order chi connectivity index (χ0) is 17.2. The Kier molecular flexibility index (Phi) is 4.21. The van der Waals surface area contributed by atoms with E-state index in [1.807, 2.05) is 12.3 Å². The molecule has 6 heteroatoms. The molecule has 25 heavy (non-hydrogen) atoms. The molecule has 1 amide bonds. The van der Waals surface area contributed by atoms with Crippen LogP contribution >= 0.6 is 0 Å². The van der Waals surface area contributed by atoms with Gasteiger partial charge in [-0.3, -0.25) is 14.7 Å². The van der Waals surface area contributed by atoms with Gasteiger partial charge in [0.15, 0.2) is 0 Å². The number of rotatable bonds is 4. The molecule has 1 aliphatic rings. The van der Waals surface area contributed by atoms with Crippen LogP contribution in [0.4, 0.5) is 0 Å². The summed E-state index contributed by atoms with van der Waals surface area (Å²) in [4.78, 5) is 21.1. The maximum absolute atomic E-state index is 11.2. The molecule has 3 N–H and O–H groups in total. The van der Waals surface area contributed by atoms with Gasteiger partial charge in [0, 0.05) is 37.5 Å². The van der Waals surface area contributed by atoms with Crippen LogP contribution in [0.25, 0.3) is 10.9 Å². The van der Waals surface area contributed by atoms with Gasteiger partial charge in [-0.1, -0.05) is 12.1 Å². The number of carbonyl (C=O) groups is 1. The fourth-order valence-corrected chi connectivity index (χ4v) is 3.22. The Morgan fingerprint density at radius 2 is 2.24 bits per heavy atom. The topological polar surface area (TPSA) is 84.2 Å². The van der Waals surface area contributed by atoms with Gasteiger partial charge in [-0.15, -0.1) is 0 Å². The van der Waals surface area contributed by atoms with E-state index in [9.17, 15) is 4.79 Å². The van der Waals surface area contributed by atoms with Gasteiger partial charge >= 0.3 is 0 Å². The molecule has 1 fully saturated rings. The number of hydrogen-bond donors (Lipinski definition) is 2. The smallest absolute Gasteiger partial charge is 0.250 e. The molecule has 1 atom stereocenters. The van der Waals surface area contributed by atoms with E-state index >= 15 is 0 Å². The van der Waals surface area contributed by atoms with E-state index in [1.54, 1.807) is 6.07 Å². The Labute approximate surface area is 145 Å². The first-order valence-electron chi connectivity index (χ1n) is 8.35. The Balaban J connectivity index is 1.45. The highest BCUT2D eigenvalue weighted by Crippen LogP contribution is 2.23. The molecule has 128 valence electrons. The van der Waals surface area contributed by atoms with E-state index in [2.05, 4.69) is 39.1 Å². The predicted octanol–water partition coefficient (Wildman–Crippen LogP) is 2.24. The fraction of sp³-hybridized carbons (Fsp3) is 0.263. The highest BCUT2D eigenvalue weighted by atomic mass is 16.5. The summed E-state index contributed by atoms with van der Waals surface area (Å²) in [5.74, 6) is -0.468. The fourth-order valence-electron chi connectivity index (χ4n) is 3.22. The predicted molar refractivity (Wildman–Crippen MR) is 95.0 cm³/mol. The zero-order valence-corrected chi connectivity index (χ0v) is 13.8. The lowest BCUT2D eigenvalue weighted by Gasteiger charge is -2.32. The number of carbonyl (C=O) groups excluding carboxylic acids is 1. The van der Waals surface area contributed by atoms with Crippen molar-refractivity contribution in [1.29, 1.82) is 0 Å². The van der Waals surface area contributed by atoms with Crippen molar-refractivity contribution in [3.63, 3.8) is 0 Å². The first kappa shape index (κ1) is 15.8. The monoisotopic (exact) mass is 336 g/mol. The van der Waals surface area contributed by atoms with E-state index in [1.165, 1.54) is 17.1 Å². The number of morpholine rings is 1. The van der Waals surface area contributed by atoms with Crippen molar-refractivity contribution in [2.75, 3.05) is 19.7 Å². The quantitative estimate of drug-likeness (QED) is 0.765. The van der Waals surface area contributed by atoms with Gasteiger partial charge in [-0.25, -0.2) is 0 Å². The molecule has 6 nitrogen and oxygen atoms in total. The van der Waals surface area contributed by atoms with Crippen LogP contribution in [0.15, 0.2) is 48.8 Å². The molecular formula is C19H20N4O2. The molecule has 0 unspecified atom stereocenters. The summed E-state index contributed by atoms with van der Waals surface area (Å²) in [6.07, 6.45) is 3.38. The molecule has 1 aromatic carbocycles. The van der Waals surface area contributed by atoms with Gasteiger partial charge in [-0.2, -0.15) is 0 Å². The van der Waals surface area contributed by atoms with Crippen LogP contribution in [-0.4, -0.2) is 40.5 Å². The van der Waals surface area contributed by atoms with E-state index in [0.717, 1.165) is 30.8 Å². The molecule has 1 aliphatic heterocycles. The number of H-pyrrole nitrogens is 1. The van der Waals surface area contributed by atoms with Crippen molar-refractivity contribution in [1.82, 2.24) is 14.9 Å². The normalized spacial score (nSPS) is 18.5. The van der Waals surface area contributed by atoms with Crippen LogP contribution in [0.3, 0.4) is 0 Å². The van der Waals surface area contributed by atoms with Crippen molar-refractivity contribution >= 4 is 16.8 Å². The first-order chi connectivity index (χ1) is 12.2. The number of fused-ring (bicyclic) bond motifs is 1. The maximum Gasteiger partial charge on any atom is 0.250 e. The number of primary amides is 1.